The molecule has 6 nitrogen and oxygen atoms in total. The number of likely N-dealkylation sites (tertiary alicyclic amines) is 1. The highest BCUT2D eigenvalue weighted by atomic mass is 32.2. The minimum Gasteiger partial charge on any atom is -0.493 e. The fourth-order valence-electron chi connectivity index (χ4n) is 5.98. The van der Waals surface area contributed by atoms with Gasteiger partial charge in [-0.15, -0.1) is 0 Å². The number of benzene rings is 2. The molecular weight excluding hydrogens is 527 g/mol. The molecule has 0 aliphatic carbocycles. The molecule has 1 fully saturated rings. The molecule has 3 aromatic rings. The number of allylic oxidation sites excluding steroid dienone is 1. The lowest BCUT2D eigenvalue weighted by atomic mass is 9.86. The smallest absolute Gasteiger partial charge is 0.337 e. The zero-order chi connectivity index (χ0) is 28.3. The van der Waals surface area contributed by atoms with Crippen LogP contribution in [-0.4, -0.2) is 46.3 Å². The van der Waals surface area contributed by atoms with Crippen LogP contribution in [0.3, 0.4) is 0 Å². The average Bonchev–Trinajstić information content (AvgIpc) is 3.03. The maximum Gasteiger partial charge on any atom is 0.337 e. The monoisotopic (exact) mass is 562 g/mol. The lowest BCUT2D eigenvalue weighted by Crippen LogP contribution is -2.35. The third kappa shape index (κ3) is 4.55. The number of carboxylic acids is 1. The first-order valence-electron chi connectivity index (χ1n) is 14.0. The maximum absolute atomic E-state index is 16.4. The van der Waals surface area contributed by atoms with Crippen LogP contribution in [0.15, 0.2) is 39.9 Å². The summed E-state index contributed by atoms with van der Waals surface area (Å²) in [5.74, 6) is -0.724. The molecule has 1 aromatic heterocycles. The van der Waals surface area contributed by atoms with Gasteiger partial charge in [-0.1, -0.05) is 11.8 Å². The third-order valence-electron chi connectivity index (χ3n) is 8.02. The van der Waals surface area contributed by atoms with Crippen LogP contribution in [0.1, 0.15) is 68.9 Å². The Morgan fingerprint density at radius 2 is 1.95 bits per heavy atom. The van der Waals surface area contributed by atoms with Crippen molar-refractivity contribution in [3.05, 3.63) is 63.1 Å². The van der Waals surface area contributed by atoms with E-state index in [-0.39, 0.29) is 5.82 Å². The Hall–Kier alpha value is -3.10. The Morgan fingerprint density at radius 1 is 1.18 bits per heavy atom. The first-order valence-corrected chi connectivity index (χ1v) is 14.8. The number of thioether (sulfide) groups is 1. The molecule has 4 heterocycles. The predicted molar refractivity (Wildman–Crippen MR) is 155 cm³/mol. The zero-order valence-electron chi connectivity index (χ0n) is 23.7. The van der Waals surface area contributed by atoms with E-state index in [1.165, 1.54) is 5.57 Å². The van der Waals surface area contributed by atoms with Crippen molar-refractivity contribution < 1.29 is 23.8 Å². The molecule has 2 aromatic carbocycles. The number of fused-ring (bicyclic) bond motifs is 1. The number of aromatic nitrogens is 1. The molecule has 3 aliphatic rings. The molecule has 8 heteroatoms. The highest BCUT2D eigenvalue weighted by molar-refractivity contribution is 8.03. The first kappa shape index (κ1) is 27.1. The van der Waals surface area contributed by atoms with E-state index in [0.29, 0.717) is 35.3 Å². The van der Waals surface area contributed by atoms with Crippen molar-refractivity contribution in [3.63, 3.8) is 0 Å². The number of carboxylic acid groups (broad SMARTS) is 1. The van der Waals surface area contributed by atoms with Crippen molar-refractivity contribution >= 4 is 28.6 Å². The van der Waals surface area contributed by atoms with Gasteiger partial charge in [-0.3, -0.25) is 4.98 Å². The van der Waals surface area contributed by atoms with Crippen LogP contribution in [-0.2, 0) is 22.4 Å². The summed E-state index contributed by atoms with van der Waals surface area (Å²) in [7, 11) is 0. The first-order chi connectivity index (χ1) is 19.0. The van der Waals surface area contributed by atoms with Crippen LogP contribution in [0.25, 0.3) is 22.0 Å². The summed E-state index contributed by atoms with van der Waals surface area (Å²) in [6.45, 7) is 11.8. The zero-order valence-corrected chi connectivity index (χ0v) is 24.5. The summed E-state index contributed by atoms with van der Waals surface area (Å²) in [5.41, 5.74) is 5.12. The largest absolute Gasteiger partial charge is 0.493 e. The van der Waals surface area contributed by atoms with E-state index >= 15 is 4.39 Å². The van der Waals surface area contributed by atoms with Crippen LogP contribution < -0.4 is 4.74 Å². The molecule has 1 N–H and O–H groups in total. The third-order valence-corrected chi connectivity index (χ3v) is 9.48. The van der Waals surface area contributed by atoms with Crippen molar-refractivity contribution in [2.45, 2.75) is 76.9 Å². The fourth-order valence-corrected chi connectivity index (χ4v) is 7.40. The molecule has 1 atom stereocenters. The number of rotatable bonds is 5. The van der Waals surface area contributed by atoms with E-state index < -0.39 is 17.7 Å². The van der Waals surface area contributed by atoms with Crippen molar-refractivity contribution in [2.24, 2.45) is 0 Å². The minimum atomic E-state index is -1.36. The van der Waals surface area contributed by atoms with Gasteiger partial charge in [0.2, 0.25) is 0 Å². The SMILES string of the molecule is CC1=C(N2CCC2)Sc2c(c(F)c(C)c([C@H](OC(C)(C)C)C(=O)O)c2-c2ccc3c4c(ccnc24)CCO3)CC1. The summed E-state index contributed by atoms with van der Waals surface area (Å²) in [6.07, 6.45) is 3.62. The molecule has 0 amide bonds. The van der Waals surface area contributed by atoms with Gasteiger partial charge in [-0.25, -0.2) is 9.18 Å². The highest BCUT2D eigenvalue weighted by Gasteiger charge is 2.37. The number of hydrogen-bond acceptors (Lipinski definition) is 6. The molecule has 0 bridgehead atoms. The molecule has 0 unspecified atom stereocenters. The Balaban J connectivity index is 1.71. The van der Waals surface area contributed by atoms with Crippen molar-refractivity contribution in [1.29, 1.82) is 0 Å². The summed E-state index contributed by atoms with van der Waals surface area (Å²) < 4.78 is 28.6. The number of pyridine rings is 1. The lowest BCUT2D eigenvalue weighted by Gasteiger charge is -2.36. The minimum absolute atomic E-state index is 0.313. The number of nitrogens with zero attached hydrogens (tertiary/aromatic N) is 2. The molecule has 0 radical (unpaired) electrons. The Kier molecular flexibility index (Phi) is 6.82. The molecule has 6 rings (SSSR count). The quantitative estimate of drug-likeness (QED) is 0.353. The molecule has 3 aliphatic heterocycles. The second kappa shape index (κ2) is 10.1. The topological polar surface area (TPSA) is 71.9 Å². The van der Waals surface area contributed by atoms with Crippen molar-refractivity contribution in [2.75, 3.05) is 19.7 Å². The average molecular weight is 563 g/mol. The van der Waals surface area contributed by atoms with E-state index in [4.69, 9.17) is 14.5 Å². The molecular formula is C32H35FN2O4S. The predicted octanol–water partition coefficient (Wildman–Crippen LogP) is 7.20. The number of carbonyl (C=O) groups is 1. The molecule has 210 valence electrons. The Bertz CT molecular complexity index is 1560. The van der Waals surface area contributed by atoms with E-state index in [0.717, 1.165) is 70.1 Å². The number of halogens is 1. The van der Waals surface area contributed by atoms with Crippen molar-refractivity contribution in [1.82, 2.24) is 9.88 Å². The van der Waals surface area contributed by atoms with Gasteiger partial charge in [-0.05, 0) is 88.8 Å². The normalized spacial score (nSPS) is 17.7. The standard InChI is InChI=1S/C32H35FN2O4S/c1-17-7-8-21-26(33)18(2)23(28(31(36)37)39-32(3,4)5)25(29(21)40-30(17)35-14-6-15-35)20-9-10-22-24-19(12-16-38-22)11-13-34-27(20)24/h9-11,13,28H,6-8,12,14-16H2,1-5H3,(H,36,37)/t28-/m0/s1. The molecule has 0 saturated carbocycles. The number of ether oxygens (including phenoxy) is 2. The molecule has 1 saturated heterocycles. The second-order valence-electron chi connectivity index (χ2n) is 11.9. The maximum atomic E-state index is 16.4. The Labute approximate surface area is 238 Å². The fraction of sp³-hybridized carbons (Fsp3) is 0.438. The summed E-state index contributed by atoms with van der Waals surface area (Å²) in [5, 5.41) is 12.6. The van der Waals surface area contributed by atoms with Gasteiger partial charge in [0, 0.05) is 58.2 Å². The van der Waals surface area contributed by atoms with Gasteiger partial charge >= 0.3 is 5.97 Å². The molecule has 40 heavy (non-hydrogen) atoms. The van der Waals surface area contributed by atoms with E-state index in [1.807, 2.05) is 39.0 Å². The van der Waals surface area contributed by atoms with Crippen LogP contribution >= 0.6 is 11.8 Å². The highest BCUT2D eigenvalue weighted by Crippen LogP contribution is 2.52. The molecule has 0 spiro atoms. The van der Waals surface area contributed by atoms with Crippen LogP contribution in [0.5, 0.6) is 5.75 Å². The number of hydrogen-bond donors (Lipinski definition) is 1. The van der Waals surface area contributed by atoms with Crippen LogP contribution in [0.4, 0.5) is 4.39 Å². The Morgan fingerprint density at radius 3 is 2.62 bits per heavy atom. The summed E-state index contributed by atoms with van der Waals surface area (Å²) >= 11 is 1.57. The lowest BCUT2D eigenvalue weighted by molar-refractivity contribution is -0.160. The van der Waals surface area contributed by atoms with Gasteiger partial charge in [0.25, 0.3) is 0 Å². The van der Waals surface area contributed by atoms with Gasteiger partial charge in [0.05, 0.1) is 22.8 Å². The van der Waals surface area contributed by atoms with Gasteiger partial charge < -0.3 is 19.5 Å². The van der Waals surface area contributed by atoms with Crippen LogP contribution in [0, 0.1) is 12.7 Å². The van der Waals surface area contributed by atoms with Gasteiger partial charge in [0.15, 0.2) is 6.10 Å². The number of aliphatic carboxylic acids is 1. The van der Waals surface area contributed by atoms with Gasteiger partial charge in [0.1, 0.15) is 11.6 Å². The van der Waals surface area contributed by atoms with Crippen molar-refractivity contribution in [3.8, 4) is 16.9 Å². The van der Waals surface area contributed by atoms with E-state index in [9.17, 15) is 9.90 Å². The van der Waals surface area contributed by atoms with Gasteiger partial charge in [-0.2, -0.15) is 0 Å². The second-order valence-corrected chi connectivity index (χ2v) is 12.9. The summed E-state index contributed by atoms with van der Waals surface area (Å²) in [4.78, 5) is 20.8. The van der Waals surface area contributed by atoms with Crippen LogP contribution in [0.2, 0.25) is 0 Å². The van der Waals surface area contributed by atoms with E-state index in [1.54, 1.807) is 24.9 Å². The van der Waals surface area contributed by atoms with E-state index in [2.05, 4.69) is 11.8 Å². The summed E-state index contributed by atoms with van der Waals surface area (Å²) in [6, 6.07) is 5.91.